The molecule has 0 aliphatic heterocycles. The van der Waals surface area contributed by atoms with Gasteiger partial charge in [0.25, 0.3) is 5.69 Å². The van der Waals surface area contributed by atoms with Crippen LogP contribution in [0.15, 0.2) is 24.3 Å². The van der Waals surface area contributed by atoms with Crippen molar-refractivity contribution < 1.29 is 14.5 Å². The summed E-state index contributed by atoms with van der Waals surface area (Å²) in [5.74, 6) is -0.477. The number of aryl methyl sites for hydroxylation is 1. The lowest BCUT2D eigenvalue weighted by atomic mass is 10.2. The predicted octanol–water partition coefficient (Wildman–Crippen LogP) is 2.37. The molecule has 0 saturated carbocycles. The van der Waals surface area contributed by atoms with Gasteiger partial charge in [0.05, 0.1) is 10.6 Å². The van der Waals surface area contributed by atoms with Gasteiger partial charge in [0, 0.05) is 12.1 Å². The molecule has 0 fully saturated rings. The summed E-state index contributed by atoms with van der Waals surface area (Å²) in [5, 5.41) is 14.3. The minimum absolute atomic E-state index is 0.00000238. The maximum atomic E-state index is 11.8. The van der Waals surface area contributed by atoms with E-state index in [1.54, 1.807) is 12.1 Å². The van der Waals surface area contributed by atoms with Crippen molar-refractivity contribution in [3.05, 3.63) is 50.5 Å². The molecule has 0 unspecified atom stereocenters. The number of carbonyl (C=O) groups is 1. The molecule has 0 aliphatic carbocycles. The number of nitrogens with zero attached hydrogens (tertiary/aromatic N) is 3. The van der Waals surface area contributed by atoms with Crippen molar-refractivity contribution in [2.45, 2.75) is 20.0 Å². The van der Waals surface area contributed by atoms with Crippen molar-refractivity contribution in [2.24, 2.45) is 0 Å². The first kappa shape index (κ1) is 14.1. The first-order valence-electron chi connectivity index (χ1n) is 5.83. The van der Waals surface area contributed by atoms with Crippen molar-refractivity contribution in [1.29, 1.82) is 0 Å². The molecule has 7 nitrogen and oxygen atoms in total. The van der Waals surface area contributed by atoms with Crippen LogP contribution in [0.2, 0.25) is 0 Å². The smallest absolute Gasteiger partial charge is 0.352 e. The van der Waals surface area contributed by atoms with Gasteiger partial charge in [0.2, 0.25) is 0 Å². The molecule has 0 aliphatic rings. The molecule has 2 rings (SSSR count). The highest BCUT2D eigenvalue weighted by Crippen LogP contribution is 2.16. The first-order valence-corrected chi connectivity index (χ1v) is 6.60. The van der Waals surface area contributed by atoms with Crippen LogP contribution in [-0.4, -0.2) is 20.5 Å². The van der Waals surface area contributed by atoms with Crippen molar-refractivity contribution in [1.82, 2.24) is 9.59 Å². The summed E-state index contributed by atoms with van der Waals surface area (Å²) >= 11 is 0.999. The van der Waals surface area contributed by atoms with E-state index >= 15 is 0 Å². The van der Waals surface area contributed by atoms with Crippen LogP contribution in [0.4, 0.5) is 5.69 Å². The number of aromatic nitrogens is 2. The van der Waals surface area contributed by atoms with Gasteiger partial charge in [-0.2, -0.15) is 0 Å². The van der Waals surface area contributed by atoms with Crippen LogP contribution in [-0.2, 0) is 17.8 Å². The molecule has 8 heteroatoms. The Morgan fingerprint density at radius 3 is 2.70 bits per heavy atom. The number of non-ortho nitro benzene ring substituents is 1. The monoisotopic (exact) mass is 293 g/mol. The normalized spacial score (nSPS) is 10.2. The lowest BCUT2D eigenvalue weighted by molar-refractivity contribution is -0.384. The summed E-state index contributed by atoms with van der Waals surface area (Å²) < 4.78 is 8.85. The van der Waals surface area contributed by atoms with Crippen molar-refractivity contribution in [3.8, 4) is 0 Å². The Balaban J connectivity index is 1.98. The van der Waals surface area contributed by atoms with Crippen LogP contribution in [0.1, 0.15) is 27.9 Å². The summed E-state index contributed by atoms with van der Waals surface area (Å²) in [6, 6.07) is 5.85. The van der Waals surface area contributed by atoms with Crippen molar-refractivity contribution >= 4 is 23.2 Å². The number of ether oxygens (including phenoxy) is 1. The summed E-state index contributed by atoms with van der Waals surface area (Å²) in [6.07, 6.45) is 0.610. The van der Waals surface area contributed by atoms with Gasteiger partial charge in [-0.1, -0.05) is 11.4 Å². The summed E-state index contributed by atoms with van der Waals surface area (Å²) in [6.45, 7) is 1.93. The van der Waals surface area contributed by atoms with Gasteiger partial charge in [0.1, 0.15) is 6.61 Å². The zero-order valence-corrected chi connectivity index (χ0v) is 11.4. The second-order valence-corrected chi connectivity index (χ2v) is 4.66. The summed E-state index contributed by atoms with van der Waals surface area (Å²) in [4.78, 5) is 22.3. The zero-order chi connectivity index (χ0) is 14.5. The molecule has 1 aromatic carbocycles. The topological polar surface area (TPSA) is 95.2 Å². The molecule has 1 heterocycles. The number of nitro groups is 1. The Labute approximate surface area is 118 Å². The lowest BCUT2D eigenvalue weighted by Gasteiger charge is -2.03. The summed E-state index contributed by atoms with van der Waals surface area (Å²) in [7, 11) is 0. The maximum absolute atomic E-state index is 11.8. The third-order valence-corrected chi connectivity index (χ3v) is 3.34. The van der Waals surface area contributed by atoms with E-state index in [1.807, 2.05) is 6.92 Å². The van der Waals surface area contributed by atoms with Crippen LogP contribution in [0.5, 0.6) is 0 Å². The van der Waals surface area contributed by atoms with Gasteiger partial charge < -0.3 is 4.74 Å². The lowest BCUT2D eigenvalue weighted by Crippen LogP contribution is -2.06. The Bertz CT molecular complexity index is 624. The Morgan fingerprint density at radius 1 is 1.40 bits per heavy atom. The van der Waals surface area contributed by atoms with E-state index in [0.717, 1.165) is 11.5 Å². The molecule has 0 radical (unpaired) electrons. The molecule has 104 valence electrons. The minimum atomic E-state index is -0.480. The van der Waals surface area contributed by atoms with Crippen LogP contribution < -0.4 is 0 Å². The fourth-order valence-electron chi connectivity index (χ4n) is 1.52. The average Bonchev–Trinajstić information content (AvgIpc) is 2.93. The zero-order valence-electron chi connectivity index (χ0n) is 10.6. The number of hydrogen-bond donors (Lipinski definition) is 0. The Hall–Kier alpha value is -2.35. The van der Waals surface area contributed by atoms with Crippen LogP contribution >= 0.6 is 11.5 Å². The molecule has 2 aromatic rings. The van der Waals surface area contributed by atoms with Gasteiger partial charge in [-0.25, -0.2) is 4.79 Å². The van der Waals surface area contributed by atoms with E-state index in [9.17, 15) is 14.9 Å². The third kappa shape index (κ3) is 3.15. The van der Waals surface area contributed by atoms with E-state index in [0.29, 0.717) is 22.6 Å². The molecule has 0 bridgehead atoms. The van der Waals surface area contributed by atoms with Gasteiger partial charge >= 0.3 is 5.97 Å². The number of rotatable bonds is 5. The number of hydrogen-bond acceptors (Lipinski definition) is 7. The SMILES string of the molecule is CCc1nnsc1C(=O)OCc1ccc([N+](=O)[O-])cc1. The van der Waals surface area contributed by atoms with Crippen LogP contribution in [0, 0.1) is 10.1 Å². The fraction of sp³-hybridized carbons (Fsp3) is 0.250. The fourth-order valence-corrected chi connectivity index (χ4v) is 2.17. The molecular weight excluding hydrogens is 282 g/mol. The molecule has 0 amide bonds. The minimum Gasteiger partial charge on any atom is -0.457 e. The highest BCUT2D eigenvalue weighted by atomic mass is 32.1. The third-order valence-electron chi connectivity index (χ3n) is 2.59. The van der Waals surface area contributed by atoms with Crippen molar-refractivity contribution in [2.75, 3.05) is 0 Å². The Kier molecular flexibility index (Phi) is 4.36. The standard InChI is InChI=1S/C12H11N3O4S/c1-2-10-11(20-14-13-10)12(16)19-7-8-3-5-9(6-4-8)15(17)18/h3-6H,2,7H2,1H3. The predicted molar refractivity (Wildman–Crippen MR) is 71.5 cm³/mol. The van der Waals surface area contributed by atoms with Crippen molar-refractivity contribution in [3.63, 3.8) is 0 Å². The average molecular weight is 293 g/mol. The van der Waals surface area contributed by atoms with Crippen LogP contribution in [0.3, 0.4) is 0 Å². The molecule has 1 aromatic heterocycles. The number of esters is 1. The second-order valence-electron chi connectivity index (χ2n) is 3.90. The number of nitro benzene ring substituents is 1. The van der Waals surface area contributed by atoms with E-state index in [2.05, 4.69) is 9.59 Å². The molecule has 0 spiro atoms. The summed E-state index contributed by atoms with van der Waals surface area (Å²) in [5.41, 5.74) is 1.29. The van der Waals surface area contributed by atoms with Gasteiger partial charge in [-0.05, 0) is 35.6 Å². The van der Waals surface area contributed by atoms with E-state index in [4.69, 9.17) is 4.74 Å². The highest BCUT2D eigenvalue weighted by Gasteiger charge is 2.16. The molecule has 0 atom stereocenters. The van der Waals surface area contributed by atoms with Gasteiger partial charge in [0.15, 0.2) is 4.88 Å². The molecule has 0 saturated heterocycles. The van der Waals surface area contributed by atoms with E-state index in [-0.39, 0.29) is 12.3 Å². The molecule has 20 heavy (non-hydrogen) atoms. The number of benzene rings is 1. The quantitative estimate of drug-likeness (QED) is 0.477. The number of carbonyl (C=O) groups excluding carboxylic acids is 1. The Morgan fingerprint density at radius 2 is 2.10 bits per heavy atom. The van der Waals surface area contributed by atoms with Gasteiger partial charge in [-0.3, -0.25) is 10.1 Å². The van der Waals surface area contributed by atoms with Crippen LogP contribution in [0.25, 0.3) is 0 Å². The van der Waals surface area contributed by atoms with Gasteiger partial charge in [-0.15, -0.1) is 5.10 Å². The maximum Gasteiger partial charge on any atom is 0.352 e. The first-order chi connectivity index (χ1) is 9.61. The van der Waals surface area contributed by atoms with E-state index < -0.39 is 10.9 Å². The molecule has 0 N–H and O–H groups in total. The van der Waals surface area contributed by atoms with E-state index in [1.165, 1.54) is 12.1 Å². The second kappa shape index (κ2) is 6.20. The highest BCUT2D eigenvalue weighted by molar-refractivity contribution is 7.07. The molecular formula is C12H11N3O4S. The largest absolute Gasteiger partial charge is 0.457 e.